The summed E-state index contributed by atoms with van der Waals surface area (Å²) in [5, 5.41) is 10.0. The van der Waals surface area contributed by atoms with E-state index in [0.717, 1.165) is 0 Å². The summed E-state index contributed by atoms with van der Waals surface area (Å²) in [6, 6.07) is 13.1. The van der Waals surface area contributed by atoms with Crippen LogP contribution in [0, 0.1) is 0 Å². The maximum absolute atomic E-state index is 11.9. The van der Waals surface area contributed by atoms with Crippen molar-refractivity contribution in [1.29, 1.82) is 0 Å². The van der Waals surface area contributed by atoms with Crippen LogP contribution in [0.2, 0.25) is 10.0 Å². The maximum atomic E-state index is 11.9. The third-order valence-electron chi connectivity index (χ3n) is 2.78. The van der Waals surface area contributed by atoms with Crippen LogP contribution in [0.15, 0.2) is 48.5 Å². The van der Waals surface area contributed by atoms with E-state index in [9.17, 15) is 9.59 Å². The molecule has 0 heterocycles. The molecule has 106 valence electrons. The summed E-state index contributed by atoms with van der Waals surface area (Å²) >= 11 is 11.6. The van der Waals surface area contributed by atoms with Gasteiger partial charge in [0.15, 0.2) is 0 Å². The Morgan fingerprint density at radius 3 is 1.81 bits per heavy atom. The molecular formula is C16H10Cl2O3. The molecule has 0 saturated heterocycles. The molecule has 0 aliphatic heterocycles. The van der Waals surface area contributed by atoms with Crippen LogP contribution in [0.25, 0.3) is 11.6 Å². The molecule has 0 unspecified atom stereocenters. The molecular weight excluding hydrogens is 311 g/mol. The molecule has 0 radical (unpaired) electrons. The van der Waals surface area contributed by atoms with Gasteiger partial charge in [-0.1, -0.05) is 47.5 Å². The molecule has 2 aromatic carbocycles. The molecule has 21 heavy (non-hydrogen) atoms. The van der Waals surface area contributed by atoms with Crippen LogP contribution in [-0.2, 0) is 9.59 Å². The van der Waals surface area contributed by atoms with Gasteiger partial charge >= 0.3 is 5.97 Å². The highest BCUT2D eigenvalue weighted by atomic mass is 35.5. The van der Waals surface area contributed by atoms with E-state index in [1.54, 1.807) is 48.5 Å². The van der Waals surface area contributed by atoms with E-state index < -0.39 is 11.8 Å². The number of hydrogen-bond acceptors (Lipinski definition) is 2. The Morgan fingerprint density at radius 2 is 1.33 bits per heavy atom. The first-order valence-electron chi connectivity index (χ1n) is 5.98. The van der Waals surface area contributed by atoms with E-state index in [4.69, 9.17) is 28.3 Å². The largest absolute Gasteiger partial charge is 0.475 e. The zero-order chi connectivity index (χ0) is 15.4. The van der Waals surface area contributed by atoms with Crippen LogP contribution in [0.5, 0.6) is 0 Å². The number of aliphatic carboxylic acids is 1. The Bertz CT molecular complexity index is 701. The Kier molecular flexibility index (Phi) is 4.78. The van der Waals surface area contributed by atoms with Crippen molar-refractivity contribution < 1.29 is 14.7 Å². The summed E-state index contributed by atoms with van der Waals surface area (Å²) in [4.78, 5) is 22.9. The maximum Gasteiger partial charge on any atom is 0.377 e. The van der Waals surface area contributed by atoms with Crippen molar-refractivity contribution in [1.82, 2.24) is 0 Å². The highest BCUT2D eigenvalue weighted by Gasteiger charge is 2.19. The lowest BCUT2D eigenvalue weighted by atomic mass is 9.99. The minimum atomic E-state index is -1.51. The Labute approximate surface area is 131 Å². The lowest BCUT2D eigenvalue weighted by Crippen LogP contribution is -2.14. The highest BCUT2D eigenvalue weighted by Crippen LogP contribution is 2.22. The zero-order valence-corrected chi connectivity index (χ0v) is 12.2. The number of carbonyl (C=O) groups is 2. The Morgan fingerprint density at radius 1 is 0.857 bits per heavy atom. The number of benzene rings is 2. The smallest absolute Gasteiger partial charge is 0.377 e. The minimum Gasteiger partial charge on any atom is -0.475 e. The summed E-state index contributed by atoms with van der Waals surface area (Å²) in [6.45, 7) is 0. The molecule has 5 heteroatoms. The number of halogens is 2. The molecule has 0 aliphatic rings. The van der Waals surface area contributed by atoms with E-state index in [-0.39, 0.29) is 5.57 Å². The normalized spacial score (nSPS) is 11.2. The zero-order valence-electron chi connectivity index (χ0n) is 10.7. The van der Waals surface area contributed by atoms with Crippen LogP contribution >= 0.6 is 23.2 Å². The van der Waals surface area contributed by atoms with Crippen molar-refractivity contribution in [3.63, 3.8) is 0 Å². The van der Waals surface area contributed by atoms with Gasteiger partial charge in [0.2, 0.25) is 0 Å². The molecule has 0 aliphatic carbocycles. The third-order valence-corrected chi connectivity index (χ3v) is 3.28. The van der Waals surface area contributed by atoms with Gasteiger partial charge in [-0.3, -0.25) is 4.79 Å². The van der Waals surface area contributed by atoms with Gasteiger partial charge in [0.05, 0.1) is 0 Å². The third kappa shape index (κ3) is 3.94. The van der Waals surface area contributed by atoms with Crippen LogP contribution in [0.4, 0.5) is 0 Å². The first-order chi connectivity index (χ1) is 9.97. The van der Waals surface area contributed by atoms with E-state index in [2.05, 4.69) is 0 Å². The molecule has 0 aromatic heterocycles. The lowest BCUT2D eigenvalue weighted by molar-refractivity contribution is -0.146. The number of ketones is 1. The van der Waals surface area contributed by atoms with Crippen LogP contribution < -0.4 is 0 Å². The average molecular weight is 321 g/mol. The lowest BCUT2D eigenvalue weighted by Gasteiger charge is -2.05. The molecule has 0 fully saturated rings. The fourth-order valence-corrected chi connectivity index (χ4v) is 2.00. The van der Waals surface area contributed by atoms with Gasteiger partial charge in [-0.25, -0.2) is 4.79 Å². The second kappa shape index (κ2) is 6.57. The SMILES string of the molecule is O=C(O)C(=O)/C(=C\c1ccc(Cl)cc1)c1ccc(Cl)cc1. The van der Waals surface area contributed by atoms with Crippen LogP contribution in [0.3, 0.4) is 0 Å². The van der Waals surface area contributed by atoms with Crippen LogP contribution in [0.1, 0.15) is 11.1 Å². The van der Waals surface area contributed by atoms with Gasteiger partial charge in [-0.2, -0.15) is 0 Å². The predicted molar refractivity (Wildman–Crippen MR) is 83.4 cm³/mol. The molecule has 0 atom stereocenters. The van der Waals surface area contributed by atoms with Crippen molar-refractivity contribution >= 4 is 46.6 Å². The molecule has 3 nitrogen and oxygen atoms in total. The van der Waals surface area contributed by atoms with Crippen molar-refractivity contribution in [2.24, 2.45) is 0 Å². The number of rotatable bonds is 4. The number of carbonyl (C=O) groups excluding carboxylic acids is 1. The summed E-state index contributed by atoms with van der Waals surface area (Å²) in [5.74, 6) is -2.49. The second-order valence-electron chi connectivity index (χ2n) is 4.25. The topological polar surface area (TPSA) is 54.4 Å². The monoisotopic (exact) mass is 320 g/mol. The molecule has 0 spiro atoms. The average Bonchev–Trinajstić information content (AvgIpc) is 2.47. The molecule has 0 saturated carbocycles. The van der Waals surface area contributed by atoms with Crippen molar-refractivity contribution in [3.05, 3.63) is 69.7 Å². The number of carboxylic acids is 1. The fraction of sp³-hybridized carbons (Fsp3) is 0. The molecule has 2 aromatic rings. The number of carboxylic acid groups (broad SMARTS) is 1. The minimum absolute atomic E-state index is 0.0847. The summed E-state index contributed by atoms with van der Waals surface area (Å²) in [5.41, 5.74) is 1.25. The molecule has 2 rings (SSSR count). The van der Waals surface area contributed by atoms with Crippen molar-refractivity contribution in [2.75, 3.05) is 0 Å². The summed E-state index contributed by atoms with van der Waals surface area (Å²) in [6.07, 6.45) is 1.51. The van der Waals surface area contributed by atoms with E-state index in [1.165, 1.54) is 6.08 Å². The van der Waals surface area contributed by atoms with E-state index in [0.29, 0.717) is 21.2 Å². The quantitative estimate of drug-likeness (QED) is 0.522. The van der Waals surface area contributed by atoms with E-state index >= 15 is 0 Å². The molecule has 1 N–H and O–H groups in total. The Hall–Kier alpha value is -2.10. The number of Topliss-reactive ketones (excluding diaryl/α,β-unsaturated/α-hetero) is 1. The van der Waals surface area contributed by atoms with Gasteiger partial charge in [-0.15, -0.1) is 0 Å². The van der Waals surface area contributed by atoms with Gasteiger partial charge in [-0.05, 0) is 41.5 Å². The second-order valence-corrected chi connectivity index (χ2v) is 5.12. The molecule has 0 bridgehead atoms. The van der Waals surface area contributed by atoms with Gasteiger partial charge in [0, 0.05) is 15.6 Å². The van der Waals surface area contributed by atoms with E-state index in [1.807, 2.05) is 0 Å². The Balaban J connectivity index is 2.50. The number of hydrogen-bond donors (Lipinski definition) is 1. The van der Waals surface area contributed by atoms with Gasteiger partial charge < -0.3 is 5.11 Å². The first kappa shape index (κ1) is 15.3. The summed E-state index contributed by atoms with van der Waals surface area (Å²) in [7, 11) is 0. The summed E-state index contributed by atoms with van der Waals surface area (Å²) < 4.78 is 0. The highest BCUT2D eigenvalue weighted by molar-refractivity contribution is 6.52. The van der Waals surface area contributed by atoms with Crippen LogP contribution in [-0.4, -0.2) is 16.9 Å². The fourth-order valence-electron chi connectivity index (χ4n) is 1.75. The van der Waals surface area contributed by atoms with Crippen molar-refractivity contribution in [3.8, 4) is 0 Å². The first-order valence-corrected chi connectivity index (χ1v) is 6.74. The standard InChI is InChI=1S/C16H10Cl2O3/c17-12-5-1-10(2-6-12)9-14(15(19)16(20)21)11-3-7-13(18)8-4-11/h1-9H,(H,20,21)/b14-9-. The predicted octanol–water partition coefficient (Wildman–Crippen LogP) is 4.19. The van der Waals surface area contributed by atoms with Crippen molar-refractivity contribution in [2.45, 2.75) is 0 Å². The molecule has 0 amide bonds. The van der Waals surface area contributed by atoms with Gasteiger partial charge in [0.25, 0.3) is 5.78 Å². The van der Waals surface area contributed by atoms with Gasteiger partial charge in [0.1, 0.15) is 0 Å².